The fourth-order valence-electron chi connectivity index (χ4n) is 4.39. The van der Waals surface area contributed by atoms with E-state index >= 15 is 0 Å². The molecule has 0 fully saturated rings. The number of hydrogen-bond acceptors (Lipinski definition) is 4. The molecule has 1 aromatic heterocycles. The van der Waals surface area contributed by atoms with E-state index in [0.29, 0.717) is 38.5 Å². The number of methoxy groups -OCH3 is 1. The van der Waals surface area contributed by atoms with Gasteiger partial charge in [0.2, 0.25) is 0 Å². The molecule has 7 heteroatoms. The number of nitrogens with one attached hydrogen (secondary N) is 2. The number of hydrogen-bond donors (Lipinski definition) is 2. The van der Waals surface area contributed by atoms with Crippen molar-refractivity contribution >= 4 is 45.4 Å². The van der Waals surface area contributed by atoms with Gasteiger partial charge in [-0.05, 0) is 66.5 Å². The second-order valence-corrected chi connectivity index (χ2v) is 11.2. The van der Waals surface area contributed by atoms with Gasteiger partial charge < -0.3 is 15.4 Å². The number of halogens is 1. The van der Waals surface area contributed by atoms with Crippen molar-refractivity contribution < 1.29 is 14.3 Å². The average Bonchev–Trinajstić information content (AvgIpc) is 3.16. The van der Waals surface area contributed by atoms with Crippen molar-refractivity contribution in [1.82, 2.24) is 0 Å². The van der Waals surface area contributed by atoms with E-state index in [9.17, 15) is 9.59 Å². The van der Waals surface area contributed by atoms with Gasteiger partial charge in [-0.1, -0.05) is 50.6 Å². The Bertz CT molecular complexity index is 1230. The van der Waals surface area contributed by atoms with Gasteiger partial charge in [-0.25, -0.2) is 0 Å². The molecule has 2 aromatic carbocycles. The van der Waals surface area contributed by atoms with E-state index in [1.807, 2.05) is 12.1 Å². The molecular weight excluding hydrogens is 468 g/mol. The normalized spacial score (nSPS) is 15.4. The number of carbonyl (C=O) groups is 2. The van der Waals surface area contributed by atoms with E-state index in [0.717, 1.165) is 29.7 Å². The third-order valence-electron chi connectivity index (χ3n) is 6.39. The Labute approximate surface area is 209 Å². The number of para-hydroxylation sites is 2. The summed E-state index contributed by atoms with van der Waals surface area (Å²) in [5.41, 5.74) is 2.77. The topological polar surface area (TPSA) is 67.4 Å². The van der Waals surface area contributed by atoms with Crippen LogP contribution in [-0.4, -0.2) is 18.9 Å². The Morgan fingerprint density at radius 3 is 2.53 bits per heavy atom. The molecule has 0 radical (unpaired) electrons. The molecule has 4 rings (SSSR count). The first-order valence-electron chi connectivity index (χ1n) is 11.3. The van der Waals surface area contributed by atoms with Crippen LogP contribution < -0.4 is 15.4 Å². The van der Waals surface area contributed by atoms with Gasteiger partial charge in [0.25, 0.3) is 11.8 Å². The molecule has 0 saturated heterocycles. The molecule has 178 valence electrons. The van der Waals surface area contributed by atoms with Crippen LogP contribution in [0.3, 0.4) is 0 Å². The van der Waals surface area contributed by atoms with Gasteiger partial charge in [-0.3, -0.25) is 9.59 Å². The average molecular weight is 497 g/mol. The summed E-state index contributed by atoms with van der Waals surface area (Å²) >= 11 is 7.58. The minimum absolute atomic E-state index is 0.172. The van der Waals surface area contributed by atoms with Gasteiger partial charge in [0, 0.05) is 15.5 Å². The molecule has 1 aliphatic carbocycles. The molecule has 0 aliphatic heterocycles. The highest BCUT2D eigenvalue weighted by molar-refractivity contribution is 7.17. The van der Waals surface area contributed by atoms with Gasteiger partial charge in [0.05, 0.1) is 18.4 Å². The maximum absolute atomic E-state index is 13.6. The number of rotatable bonds is 5. The Balaban J connectivity index is 1.70. The van der Waals surface area contributed by atoms with E-state index in [1.165, 1.54) is 11.3 Å². The summed E-state index contributed by atoms with van der Waals surface area (Å²) in [6.45, 7) is 6.77. The molecule has 5 nitrogen and oxygen atoms in total. The summed E-state index contributed by atoms with van der Waals surface area (Å²) in [5.74, 6) is 0.551. The van der Waals surface area contributed by atoms with Crippen molar-refractivity contribution in [2.24, 2.45) is 11.3 Å². The number of benzene rings is 2. The standard InChI is InChI=1S/C27H29ClN2O3S/c1-27(2,3)17-12-13-19-22(15-17)34-26(30-24(31)16-8-7-9-18(28)14-16)23(19)25(32)29-20-10-5-6-11-21(20)33-4/h5-11,14,17H,12-13,15H2,1-4H3,(H,29,32)(H,30,31). The first kappa shape index (κ1) is 24.3. The largest absolute Gasteiger partial charge is 0.495 e. The van der Waals surface area contributed by atoms with Crippen LogP contribution in [0.25, 0.3) is 0 Å². The predicted octanol–water partition coefficient (Wildman–Crippen LogP) is 7.07. The van der Waals surface area contributed by atoms with Gasteiger partial charge in [0.1, 0.15) is 10.8 Å². The van der Waals surface area contributed by atoms with E-state index in [2.05, 4.69) is 31.4 Å². The van der Waals surface area contributed by atoms with Crippen molar-refractivity contribution in [3.8, 4) is 5.75 Å². The van der Waals surface area contributed by atoms with Crippen molar-refractivity contribution in [3.63, 3.8) is 0 Å². The first-order chi connectivity index (χ1) is 16.2. The molecule has 1 aliphatic rings. The maximum Gasteiger partial charge on any atom is 0.259 e. The summed E-state index contributed by atoms with van der Waals surface area (Å²) < 4.78 is 5.40. The van der Waals surface area contributed by atoms with Crippen molar-refractivity contribution in [2.75, 3.05) is 17.7 Å². The SMILES string of the molecule is COc1ccccc1NC(=O)c1c(NC(=O)c2cccc(Cl)c2)sc2c1CCC(C(C)(C)C)C2. The van der Waals surface area contributed by atoms with Crippen LogP contribution in [0.1, 0.15) is 58.3 Å². The first-order valence-corrected chi connectivity index (χ1v) is 12.5. The zero-order chi connectivity index (χ0) is 24.5. The van der Waals surface area contributed by atoms with Gasteiger partial charge in [-0.2, -0.15) is 0 Å². The third kappa shape index (κ3) is 5.13. The van der Waals surface area contributed by atoms with Gasteiger partial charge in [0.15, 0.2) is 0 Å². The van der Waals surface area contributed by atoms with E-state index in [-0.39, 0.29) is 17.2 Å². The fraction of sp³-hybridized carbons (Fsp3) is 0.333. The zero-order valence-corrected chi connectivity index (χ0v) is 21.4. The molecule has 0 spiro atoms. The lowest BCUT2D eigenvalue weighted by molar-refractivity contribution is 0.102. The molecule has 1 atom stereocenters. The molecule has 2 amide bonds. The lowest BCUT2D eigenvalue weighted by atomic mass is 9.72. The number of thiophene rings is 1. The van der Waals surface area contributed by atoms with Crippen molar-refractivity contribution in [3.05, 3.63) is 75.1 Å². The van der Waals surface area contributed by atoms with Crippen LogP contribution in [0.4, 0.5) is 10.7 Å². The second-order valence-electron chi connectivity index (χ2n) is 9.63. The van der Waals surface area contributed by atoms with Crippen LogP contribution in [0.15, 0.2) is 48.5 Å². The molecular formula is C27H29ClN2O3S. The smallest absolute Gasteiger partial charge is 0.259 e. The Hall–Kier alpha value is -2.83. The maximum atomic E-state index is 13.6. The monoisotopic (exact) mass is 496 g/mol. The van der Waals surface area contributed by atoms with Crippen molar-refractivity contribution in [1.29, 1.82) is 0 Å². The number of ether oxygens (including phenoxy) is 1. The number of anilines is 2. The van der Waals surface area contributed by atoms with Crippen molar-refractivity contribution in [2.45, 2.75) is 40.0 Å². The predicted molar refractivity (Wildman–Crippen MR) is 140 cm³/mol. The summed E-state index contributed by atoms with van der Waals surface area (Å²) in [5, 5.41) is 7.03. The molecule has 1 unspecified atom stereocenters. The Morgan fingerprint density at radius 1 is 1.06 bits per heavy atom. The fourth-order valence-corrected chi connectivity index (χ4v) is 5.90. The quantitative estimate of drug-likeness (QED) is 0.397. The summed E-state index contributed by atoms with van der Waals surface area (Å²) in [6, 6.07) is 14.1. The molecule has 2 N–H and O–H groups in total. The van der Waals surface area contributed by atoms with Crippen LogP contribution >= 0.6 is 22.9 Å². The number of amides is 2. The zero-order valence-electron chi connectivity index (χ0n) is 19.8. The molecule has 1 heterocycles. The second kappa shape index (κ2) is 9.80. The van der Waals surface area contributed by atoms with Crippen LogP contribution in [0, 0.1) is 11.3 Å². The summed E-state index contributed by atoms with van der Waals surface area (Å²) in [6.07, 6.45) is 2.70. The van der Waals surface area contributed by atoms with Gasteiger partial charge in [-0.15, -0.1) is 11.3 Å². The molecule has 34 heavy (non-hydrogen) atoms. The lowest BCUT2D eigenvalue weighted by Crippen LogP contribution is -2.27. The van der Waals surface area contributed by atoms with E-state index in [4.69, 9.17) is 16.3 Å². The third-order valence-corrected chi connectivity index (χ3v) is 7.79. The van der Waals surface area contributed by atoms with Gasteiger partial charge >= 0.3 is 0 Å². The molecule has 3 aromatic rings. The summed E-state index contributed by atoms with van der Waals surface area (Å²) in [7, 11) is 1.57. The van der Waals surface area contributed by atoms with E-state index < -0.39 is 0 Å². The highest BCUT2D eigenvalue weighted by atomic mass is 35.5. The number of fused-ring (bicyclic) bond motifs is 1. The molecule has 0 saturated carbocycles. The minimum atomic E-state index is -0.292. The van der Waals surface area contributed by atoms with E-state index in [1.54, 1.807) is 43.5 Å². The van der Waals surface area contributed by atoms with Crippen LogP contribution in [0.5, 0.6) is 5.75 Å². The molecule has 0 bridgehead atoms. The number of carbonyl (C=O) groups excluding carboxylic acids is 2. The highest BCUT2D eigenvalue weighted by Gasteiger charge is 2.34. The summed E-state index contributed by atoms with van der Waals surface area (Å²) in [4.78, 5) is 27.7. The van der Waals surface area contributed by atoms with Crippen LogP contribution in [-0.2, 0) is 12.8 Å². The lowest BCUT2D eigenvalue weighted by Gasteiger charge is -2.33. The minimum Gasteiger partial charge on any atom is -0.495 e. The van der Waals surface area contributed by atoms with Crippen LogP contribution in [0.2, 0.25) is 5.02 Å². The Kier molecular flexibility index (Phi) is 7.01. The Morgan fingerprint density at radius 2 is 1.82 bits per heavy atom. The highest BCUT2D eigenvalue weighted by Crippen LogP contribution is 2.44.